The second kappa shape index (κ2) is 5.38. The molecule has 1 aromatic heterocycles. The first-order chi connectivity index (χ1) is 8.61. The summed E-state index contributed by atoms with van der Waals surface area (Å²) in [7, 11) is 0. The molecule has 6 heteroatoms. The molecule has 5 nitrogen and oxygen atoms in total. The summed E-state index contributed by atoms with van der Waals surface area (Å²) in [5.41, 5.74) is 7.31. The number of anilines is 1. The van der Waals surface area contributed by atoms with E-state index in [0.29, 0.717) is 17.9 Å². The number of halogens is 1. The van der Waals surface area contributed by atoms with Crippen molar-refractivity contribution in [1.29, 1.82) is 0 Å². The molecule has 0 bridgehead atoms. The van der Waals surface area contributed by atoms with E-state index in [1.165, 1.54) is 0 Å². The third-order valence-corrected chi connectivity index (χ3v) is 2.90. The van der Waals surface area contributed by atoms with Crippen LogP contribution in [0.1, 0.15) is 17.3 Å². The van der Waals surface area contributed by atoms with Crippen LogP contribution in [0.3, 0.4) is 0 Å². The van der Waals surface area contributed by atoms with Crippen LogP contribution in [0.15, 0.2) is 30.6 Å². The van der Waals surface area contributed by atoms with Crippen LogP contribution < -0.4 is 5.73 Å². The van der Waals surface area contributed by atoms with Gasteiger partial charge >= 0.3 is 5.97 Å². The number of ether oxygens (including phenoxy) is 1. The fourth-order valence-corrected chi connectivity index (χ4v) is 1.90. The van der Waals surface area contributed by atoms with Crippen LogP contribution in [0.4, 0.5) is 5.69 Å². The molecule has 18 heavy (non-hydrogen) atoms. The molecule has 0 amide bonds. The predicted molar refractivity (Wildman–Crippen MR) is 76.6 cm³/mol. The molecule has 2 N–H and O–H groups in total. The van der Waals surface area contributed by atoms with Gasteiger partial charge in [-0.25, -0.2) is 9.48 Å². The lowest BCUT2D eigenvalue weighted by Gasteiger charge is -2.08. The van der Waals surface area contributed by atoms with Crippen molar-refractivity contribution < 1.29 is 9.53 Å². The molecule has 0 aliphatic carbocycles. The number of rotatable bonds is 3. The largest absolute Gasteiger partial charge is 0.462 e. The van der Waals surface area contributed by atoms with Crippen molar-refractivity contribution in [3.63, 3.8) is 0 Å². The maximum absolute atomic E-state index is 11.7. The molecule has 0 fully saturated rings. The van der Waals surface area contributed by atoms with E-state index < -0.39 is 5.97 Å². The highest BCUT2D eigenvalue weighted by atomic mass is 127. The molecule has 1 aromatic carbocycles. The van der Waals surface area contributed by atoms with Gasteiger partial charge in [-0.15, -0.1) is 0 Å². The second-order valence-electron chi connectivity index (χ2n) is 3.60. The summed E-state index contributed by atoms with van der Waals surface area (Å²) < 4.78 is 7.66. The van der Waals surface area contributed by atoms with Crippen molar-refractivity contribution in [2.24, 2.45) is 0 Å². The monoisotopic (exact) mass is 357 g/mol. The minimum Gasteiger partial charge on any atom is -0.462 e. The fraction of sp³-hybridized carbons (Fsp3) is 0.167. The molecule has 0 atom stereocenters. The molecule has 0 saturated carbocycles. The summed E-state index contributed by atoms with van der Waals surface area (Å²) in [5, 5.41) is 4.18. The lowest BCUT2D eigenvalue weighted by molar-refractivity contribution is 0.0527. The molecule has 94 valence electrons. The zero-order valence-corrected chi connectivity index (χ0v) is 11.9. The summed E-state index contributed by atoms with van der Waals surface area (Å²) in [5.74, 6) is -0.418. The van der Waals surface area contributed by atoms with Crippen LogP contribution in [0, 0.1) is 3.57 Å². The summed E-state index contributed by atoms with van der Waals surface area (Å²) in [6.07, 6.45) is 3.60. The molecule has 0 unspecified atom stereocenters. The number of nitrogen functional groups attached to an aromatic ring is 1. The SMILES string of the molecule is CCOC(=O)c1cc(-n2cc(I)cn2)ccc1N. The molecule has 0 radical (unpaired) electrons. The van der Waals surface area contributed by atoms with E-state index >= 15 is 0 Å². The van der Waals surface area contributed by atoms with Gasteiger partial charge in [0.25, 0.3) is 0 Å². The molecule has 0 saturated heterocycles. The first-order valence-corrected chi connectivity index (χ1v) is 6.47. The average Bonchev–Trinajstić information content (AvgIpc) is 2.77. The van der Waals surface area contributed by atoms with Crippen molar-refractivity contribution in [3.8, 4) is 5.69 Å². The van der Waals surface area contributed by atoms with Crippen LogP contribution in [0.25, 0.3) is 5.69 Å². The van der Waals surface area contributed by atoms with Gasteiger partial charge in [-0.2, -0.15) is 5.10 Å². The normalized spacial score (nSPS) is 10.3. The molecule has 0 aliphatic rings. The van der Waals surface area contributed by atoms with Gasteiger partial charge in [0.05, 0.1) is 27.6 Å². The third kappa shape index (κ3) is 2.63. The number of benzene rings is 1. The van der Waals surface area contributed by atoms with Gasteiger partial charge in [-0.3, -0.25) is 0 Å². The minimum atomic E-state index is -0.418. The van der Waals surface area contributed by atoms with Gasteiger partial charge in [0, 0.05) is 11.9 Å². The van der Waals surface area contributed by atoms with Gasteiger partial charge in [0.15, 0.2) is 0 Å². The standard InChI is InChI=1S/C12H12IN3O2/c1-2-18-12(17)10-5-9(3-4-11(10)14)16-7-8(13)6-15-16/h3-7H,2,14H2,1H3. The molecular formula is C12H12IN3O2. The number of esters is 1. The highest BCUT2D eigenvalue weighted by molar-refractivity contribution is 14.1. The third-order valence-electron chi connectivity index (χ3n) is 2.35. The zero-order valence-electron chi connectivity index (χ0n) is 9.76. The lowest BCUT2D eigenvalue weighted by atomic mass is 10.1. The van der Waals surface area contributed by atoms with Crippen LogP contribution in [-0.4, -0.2) is 22.4 Å². The van der Waals surface area contributed by atoms with Crippen LogP contribution in [0.2, 0.25) is 0 Å². The van der Waals surface area contributed by atoms with E-state index in [4.69, 9.17) is 10.5 Å². The van der Waals surface area contributed by atoms with E-state index in [2.05, 4.69) is 27.7 Å². The quantitative estimate of drug-likeness (QED) is 0.520. The Hall–Kier alpha value is -1.57. The Morgan fingerprint density at radius 2 is 2.33 bits per heavy atom. The van der Waals surface area contributed by atoms with Crippen molar-refractivity contribution in [3.05, 3.63) is 39.7 Å². The van der Waals surface area contributed by atoms with Gasteiger partial charge in [0.1, 0.15) is 0 Å². The van der Waals surface area contributed by atoms with Crippen LogP contribution in [-0.2, 0) is 4.74 Å². The molecule has 0 spiro atoms. The Morgan fingerprint density at radius 1 is 1.56 bits per heavy atom. The van der Waals surface area contributed by atoms with Gasteiger partial charge in [0.2, 0.25) is 0 Å². The number of aromatic nitrogens is 2. The van der Waals surface area contributed by atoms with Crippen LogP contribution >= 0.6 is 22.6 Å². The van der Waals surface area contributed by atoms with Gasteiger partial charge in [-0.05, 0) is 47.7 Å². The number of nitrogens with two attached hydrogens (primary N) is 1. The van der Waals surface area contributed by atoms with E-state index in [9.17, 15) is 4.79 Å². The van der Waals surface area contributed by atoms with Crippen molar-refractivity contribution >= 4 is 34.2 Å². The van der Waals surface area contributed by atoms with Crippen molar-refractivity contribution in [1.82, 2.24) is 9.78 Å². The number of carbonyl (C=O) groups excluding carboxylic acids is 1. The van der Waals surface area contributed by atoms with Crippen molar-refractivity contribution in [2.75, 3.05) is 12.3 Å². The maximum Gasteiger partial charge on any atom is 0.340 e. The maximum atomic E-state index is 11.7. The number of nitrogens with zero attached hydrogens (tertiary/aromatic N) is 2. The molecule has 2 aromatic rings. The second-order valence-corrected chi connectivity index (χ2v) is 4.84. The van der Waals surface area contributed by atoms with E-state index in [1.54, 1.807) is 36.0 Å². The van der Waals surface area contributed by atoms with Gasteiger partial charge < -0.3 is 10.5 Å². The fourth-order valence-electron chi connectivity index (χ4n) is 1.51. The first kappa shape index (κ1) is 12.9. The topological polar surface area (TPSA) is 70.1 Å². The summed E-state index contributed by atoms with van der Waals surface area (Å²) in [6, 6.07) is 5.16. The minimum absolute atomic E-state index is 0.322. The Morgan fingerprint density at radius 3 is 2.94 bits per heavy atom. The smallest absolute Gasteiger partial charge is 0.340 e. The molecular weight excluding hydrogens is 345 g/mol. The summed E-state index contributed by atoms with van der Waals surface area (Å²) >= 11 is 2.17. The Labute approximate surface area is 118 Å². The first-order valence-electron chi connectivity index (χ1n) is 5.39. The Balaban J connectivity index is 2.40. The molecule has 0 aliphatic heterocycles. The van der Waals surface area contributed by atoms with Crippen molar-refractivity contribution in [2.45, 2.75) is 6.92 Å². The summed E-state index contributed by atoms with van der Waals surface area (Å²) in [6.45, 7) is 2.08. The Bertz CT molecular complexity index is 580. The zero-order chi connectivity index (χ0) is 13.1. The summed E-state index contributed by atoms with van der Waals surface area (Å²) in [4.78, 5) is 11.7. The number of hydrogen-bond acceptors (Lipinski definition) is 4. The Kier molecular flexibility index (Phi) is 3.85. The number of hydrogen-bond donors (Lipinski definition) is 1. The average molecular weight is 357 g/mol. The molecule has 2 rings (SSSR count). The van der Waals surface area contributed by atoms with E-state index in [-0.39, 0.29) is 0 Å². The number of carbonyl (C=O) groups is 1. The van der Waals surface area contributed by atoms with E-state index in [1.807, 2.05) is 6.20 Å². The molecule has 1 heterocycles. The van der Waals surface area contributed by atoms with E-state index in [0.717, 1.165) is 9.26 Å². The highest BCUT2D eigenvalue weighted by Crippen LogP contribution is 2.18. The van der Waals surface area contributed by atoms with Crippen LogP contribution in [0.5, 0.6) is 0 Å². The lowest BCUT2D eigenvalue weighted by Crippen LogP contribution is -2.09. The highest BCUT2D eigenvalue weighted by Gasteiger charge is 2.12. The predicted octanol–water partition coefficient (Wildman–Crippen LogP) is 2.24. The van der Waals surface area contributed by atoms with Gasteiger partial charge in [-0.1, -0.05) is 0 Å².